The van der Waals surface area contributed by atoms with E-state index in [9.17, 15) is 9.90 Å². The number of aliphatic hydroxyl groups is 1. The Morgan fingerprint density at radius 2 is 1.97 bits per heavy atom. The number of aliphatic hydroxyl groups excluding tert-OH is 1. The number of anilines is 1. The van der Waals surface area contributed by atoms with Crippen LogP contribution < -0.4 is 15.5 Å². The van der Waals surface area contributed by atoms with E-state index in [1.807, 2.05) is 54.3 Å². The molecule has 1 aliphatic heterocycles. The standard InChI is InChI=1S/C24H28N4O2S.HI/c1-2-25-24(27-16-20(29)22-14-18-6-3-4-7-21(18)31-22)26-15-17-9-11-19(12-10-17)28-13-5-8-23(28)30;/h3-4,6-7,9-12,14,20,29H,2,5,8,13,15-16H2,1H3,(H2,25,26,27);1H. The number of benzene rings is 2. The molecule has 170 valence electrons. The van der Waals surface area contributed by atoms with Gasteiger partial charge >= 0.3 is 0 Å². The van der Waals surface area contributed by atoms with E-state index in [0.29, 0.717) is 25.5 Å². The minimum absolute atomic E-state index is 0. The monoisotopic (exact) mass is 564 g/mol. The number of hydrogen-bond acceptors (Lipinski definition) is 4. The Morgan fingerprint density at radius 3 is 2.66 bits per heavy atom. The smallest absolute Gasteiger partial charge is 0.227 e. The number of nitrogens with zero attached hydrogens (tertiary/aromatic N) is 2. The van der Waals surface area contributed by atoms with Gasteiger partial charge in [0, 0.05) is 41.3 Å². The van der Waals surface area contributed by atoms with E-state index in [0.717, 1.165) is 41.0 Å². The number of carbonyl (C=O) groups excluding carboxylic acids is 1. The minimum Gasteiger partial charge on any atom is -0.386 e. The molecule has 1 atom stereocenters. The molecular weight excluding hydrogens is 535 g/mol. The quantitative estimate of drug-likeness (QED) is 0.226. The zero-order valence-corrected chi connectivity index (χ0v) is 21.2. The van der Waals surface area contributed by atoms with Gasteiger partial charge in [0.1, 0.15) is 6.10 Å². The zero-order valence-electron chi connectivity index (χ0n) is 18.1. The Balaban J connectivity index is 0.00000289. The van der Waals surface area contributed by atoms with Crippen LogP contribution >= 0.6 is 35.3 Å². The predicted octanol–water partition coefficient (Wildman–Crippen LogP) is 4.43. The summed E-state index contributed by atoms with van der Waals surface area (Å²) in [4.78, 5) is 19.3. The molecule has 6 nitrogen and oxygen atoms in total. The second-order valence-electron chi connectivity index (χ2n) is 7.59. The van der Waals surface area contributed by atoms with E-state index in [1.54, 1.807) is 11.3 Å². The maximum absolute atomic E-state index is 11.9. The van der Waals surface area contributed by atoms with Crippen molar-refractivity contribution in [1.29, 1.82) is 0 Å². The number of guanidine groups is 1. The van der Waals surface area contributed by atoms with Gasteiger partial charge in [-0.1, -0.05) is 30.3 Å². The van der Waals surface area contributed by atoms with Gasteiger partial charge in [0.2, 0.25) is 5.91 Å². The zero-order chi connectivity index (χ0) is 21.6. The van der Waals surface area contributed by atoms with Crippen LogP contribution in [0, 0.1) is 0 Å². The van der Waals surface area contributed by atoms with Crippen LogP contribution in [-0.4, -0.2) is 36.6 Å². The molecule has 1 aliphatic rings. The number of hydrogen-bond donors (Lipinski definition) is 3. The highest BCUT2D eigenvalue weighted by Gasteiger charge is 2.21. The molecule has 8 heteroatoms. The van der Waals surface area contributed by atoms with Gasteiger partial charge in [-0.3, -0.25) is 4.79 Å². The number of rotatable bonds is 7. The molecule has 0 aliphatic carbocycles. The van der Waals surface area contributed by atoms with Gasteiger partial charge in [0.05, 0.1) is 6.54 Å². The average molecular weight is 564 g/mol. The summed E-state index contributed by atoms with van der Waals surface area (Å²) in [6.45, 7) is 4.45. The maximum atomic E-state index is 11.9. The van der Waals surface area contributed by atoms with Crippen molar-refractivity contribution in [3.8, 4) is 0 Å². The highest BCUT2D eigenvalue weighted by atomic mass is 127. The first kappa shape index (κ1) is 24.5. The Labute approximate surface area is 209 Å². The van der Waals surface area contributed by atoms with Gasteiger partial charge in [-0.15, -0.1) is 35.3 Å². The Bertz CT molecular complexity index is 1030. The van der Waals surface area contributed by atoms with Gasteiger partial charge < -0.3 is 20.6 Å². The highest BCUT2D eigenvalue weighted by molar-refractivity contribution is 14.0. The molecule has 0 radical (unpaired) electrons. The molecule has 1 fully saturated rings. The predicted molar refractivity (Wildman–Crippen MR) is 143 cm³/mol. The Kier molecular flexibility index (Phi) is 8.89. The Morgan fingerprint density at radius 1 is 1.19 bits per heavy atom. The molecule has 4 rings (SSSR count). The lowest BCUT2D eigenvalue weighted by molar-refractivity contribution is -0.117. The largest absolute Gasteiger partial charge is 0.386 e. The molecular formula is C24H29IN4O2S. The van der Waals surface area contributed by atoms with Crippen LogP contribution in [0.15, 0.2) is 59.6 Å². The molecule has 1 saturated heterocycles. The third-order valence-corrected chi connectivity index (χ3v) is 6.54. The van der Waals surface area contributed by atoms with Crippen molar-refractivity contribution >= 4 is 63.0 Å². The number of fused-ring (bicyclic) bond motifs is 1. The van der Waals surface area contributed by atoms with Crippen LogP contribution in [0.1, 0.15) is 36.3 Å². The van der Waals surface area contributed by atoms with E-state index in [4.69, 9.17) is 0 Å². The first-order valence-corrected chi connectivity index (χ1v) is 11.5. The summed E-state index contributed by atoms with van der Waals surface area (Å²) in [5.74, 6) is 0.864. The van der Waals surface area contributed by atoms with E-state index in [2.05, 4.69) is 27.8 Å². The summed E-state index contributed by atoms with van der Waals surface area (Å²) in [6.07, 6.45) is 0.964. The van der Waals surface area contributed by atoms with E-state index in [1.165, 1.54) is 4.70 Å². The summed E-state index contributed by atoms with van der Waals surface area (Å²) in [6, 6.07) is 18.2. The average Bonchev–Trinajstić information content (AvgIpc) is 3.42. The highest BCUT2D eigenvalue weighted by Crippen LogP contribution is 2.29. The molecule has 3 N–H and O–H groups in total. The van der Waals surface area contributed by atoms with Gasteiger partial charge in [0.25, 0.3) is 0 Å². The van der Waals surface area contributed by atoms with Crippen molar-refractivity contribution in [2.75, 3.05) is 24.5 Å². The molecule has 3 aromatic rings. The minimum atomic E-state index is -0.599. The molecule has 1 amide bonds. The van der Waals surface area contributed by atoms with Gasteiger partial charge in [0.15, 0.2) is 5.96 Å². The summed E-state index contributed by atoms with van der Waals surface area (Å²) < 4.78 is 1.18. The van der Waals surface area contributed by atoms with Crippen molar-refractivity contribution in [3.63, 3.8) is 0 Å². The van der Waals surface area contributed by atoms with Crippen molar-refractivity contribution in [3.05, 3.63) is 65.0 Å². The molecule has 0 spiro atoms. The van der Waals surface area contributed by atoms with Crippen molar-refractivity contribution in [2.45, 2.75) is 32.4 Å². The summed E-state index contributed by atoms with van der Waals surface area (Å²) in [7, 11) is 0. The number of carbonyl (C=O) groups is 1. The lowest BCUT2D eigenvalue weighted by atomic mass is 10.2. The number of aliphatic imine (C=N–C) groups is 1. The fraction of sp³-hybridized carbons (Fsp3) is 0.333. The Hall–Kier alpha value is -2.17. The van der Waals surface area contributed by atoms with Gasteiger partial charge in [-0.2, -0.15) is 0 Å². The number of thiophene rings is 1. The molecule has 32 heavy (non-hydrogen) atoms. The molecule has 0 saturated carbocycles. The first-order chi connectivity index (χ1) is 15.1. The van der Waals surface area contributed by atoms with E-state index >= 15 is 0 Å². The number of halogens is 1. The van der Waals surface area contributed by atoms with Gasteiger partial charge in [-0.05, 0) is 48.6 Å². The first-order valence-electron chi connectivity index (χ1n) is 10.7. The second kappa shape index (κ2) is 11.6. The molecule has 2 heterocycles. The van der Waals surface area contributed by atoms with Crippen molar-refractivity contribution in [2.24, 2.45) is 4.99 Å². The third kappa shape index (κ3) is 5.99. The maximum Gasteiger partial charge on any atom is 0.227 e. The molecule has 1 unspecified atom stereocenters. The SMILES string of the molecule is CCNC(=NCc1ccc(N2CCCC2=O)cc1)NCC(O)c1cc2ccccc2s1.I. The molecule has 2 aromatic carbocycles. The van der Waals surface area contributed by atoms with Crippen LogP contribution in [0.25, 0.3) is 10.1 Å². The summed E-state index contributed by atoms with van der Waals surface area (Å²) >= 11 is 1.61. The fourth-order valence-corrected chi connectivity index (χ4v) is 4.73. The lowest BCUT2D eigenvalue weighted by Crippen LogP contribution is -2.39. The normalized spacial score (nSPS) is 15.0. The number of nitrogens with one attached hydrogen (secondary N) is 2. The van der Waals surface area contributed by atoms with Crippen LogP contribution in [-0.2, 0) is 11.3 Å². The fourth-order valence-electron chi connectivity index (χ4n) is 3.68. The van der Waals surface area contributed by atoms with Crippen LogP contribution in [0.5, 0.6) is 0 Å². The lowest BCUT2D eigenvalue weighted by Gasteiger charge is -2.16. The number of amides is 1. The second-order valence-corrected chi connectivity index (χ2v) is 8.71. The van der Waals surface area contributed by atoms with Crippen LogP contribution in [0.3, 0.4) is 0 Å². The van der Waals surface area contributed by atoms with Crippen molar-refractivity contribution < 1.29 is 9.90 Å². The molecule has 1 aromatic heterocycles. The van der Waals surface area contributed by atoms with Crippen LogP contribution in [0.4, 0.5) is 5.69 Å². The van der Waals surface area contributed by atoms with E-state index in [-0.39, 0.29) is 29.9 Å². The molecule has 0 bridgehead atoms. The summed E-state index contributed by atoms with van der Waals surface area (Å²) in [5.41, 5.74) is 2.02. The van der Waals surface area contributed by atoms with E-state index < -0.39 is 6.10 Å². The summed E-state index contributed by atoms with van der Waals surface area (Å²) in [5, 5.41) is 18.2. The van der Waals surface area contributed by atoms with Crippen molar-refractivity contribution in [1.82, 2.24) is 10.6 Å². The van der Waals surface area contributed by atoms with Gasteiger partial charge in [-0.25, -0.2) is 4.99 Å². The topological polar surface area (TPSA) is 77.0 Å². The van der Waals surface area contributed by atoms with Crippen LogP contribution in [0.2, 0.25) is 0 Å². The third-order valence-electron chi connectivity index (χ3n) is 5.32.